The van der Waals surface area contributed by atoms with E-state index in [-0.39, 0.29) is 11.7 Å². The molecule has 2 rings (SSSR count). The zero-order chi connectivity index (χ0) is 19.3. The lowest BCUT2D eigenvalue weighted by molar-refractivity contribution is -0.113. The SMILES string of the molecule is C=CCn1c(CC)nnc1SCC(=O)Nc1sc(C)c(C)c1C(=O)OC. The standard InChI is InChI=1S/C17H22N4O3S2/c1-6-8-21-12(7-2)19-20-17(21)25-9-13(22)18-15-14(16(23)24-5)10(3)11(4)26-15/h6H,1,7-9H2,2-5H3,(H,18,22). The Hall–Kier alpha value is -2.13. The van der Waals surface area contributed by atoms with Gasteiger partial charge in [-0.25, -0.2) is 4.79 Å². The van der Waals surface area contributed by atoms with Crippen LogP contribution >= 0.6 is 23.1 Å². The summed E-state index contributed by atoms with van der Waals surface area (Å²) < 4.78 is 6.75. The van der Waals surface area contributed by atoms with E-state index < -0.39 is 5.97 Å². The van der Waals surface area contributed by atoms with Crippen molar-refractivity contribution in [3.8, 4) is 0 Å². The number of thioether (sulfide) groups is 1. The number of hydrogen-bond acceptors (Lipinski definition) is 7. The van der Waals surface area contributed by atoms with Gasteiger partial charge in [-0.05, 0) is 19.4 Å². The largest absolute Gasteiger partial charge is 0.465 e. The van der Waals surface area contributed by atoms with Gasteiger partial charge >= 0.3 is 5.97 Å². The van der Waals surface area contributed by atoms with Crippen LogP contribution in [0.1, 0.15) is 33.5 Å². The maximum atomic E-state index is 12.4. The highest BCUT2D eigenvalue weighted by Crippen LogP contribution is 2.33. The zero-order valence-corrected chi connectivity index (χ0v) is 16.9. The van der Waals surface area contributed by atoms with Crippen LogP contribution in [0, 0.1) is 13.8 Å². The van der Waals surface area contributed by atoms with Crippen molar-refractivity contribution >= 4 is 40.0 Å². The lowest BCUT2D eigenvalue weighted by Crippen LogP contribution is -2.16. The second-order valence-electron chi connectivity index (χ2n) is 5.47. The van der Waals surface area contributed by atoms with Crippen LogP contribution in [0.25, 0.3) is 0 Å². The quantitative estimate of drug-likeness (QED) is 0.420. The molecule has 1 amide bonds. The second kappa shape index (κ2) is 9.00. The topological polar surface area (TPSA) is 86.1 Å². The molecule has 0 fully saturated rings. The Bertz CT molecular complexity index is 826. The number of allylic oxidation sites excluding steroid dienone is 1. The number of esters is 1. The Labute approximate surface area is 160 Å². The minimum Gasteiger partial charge on any atom is -0.465 e. The van der Waals surface area contributed by atoms with Gasteiger partial charge in [0.25, 0.3) is 0 Å². The molecule has 0 aliphatic heterocycles. The maximum absolute atomic E-state index is 12.4. The summed E-state index contributed by atoms with van der Waals surface area (Å²) in [6.07, 6.45) is 2.52. The fourth-order valence-electron chi connectivity index (χ4n) is 2.36. The molecule has 0 saturated carbocycles. The highest BCUT2D eigenvalue weighted by atomic mass is 32.2. The van der Waals surface area contributed by atoms with Crippen LogP contribution in [0.5, 0.6) is 0 Å². The molecule has 0 aliphatic carbocycles. The lowest BCUT2D eigenvalue weighted by Gasteiger charge is -2.07. The van der Waals surface area contributed by atoms with Crippen molar-refractivity contribution in [2.75, 3.05) is 18.2 Å². The van der Waals surface area contributed by atoms with Crippen LogP contribution in [0.4, 0.5) is 5.00 Å². The Morgan fingerprint density at radius 3 is 2.73 bits per heavy atom. The summed E-state index contributed by atoms with van der Waals surface area (Å²) in [6, 6.07) is 0. The fraction of sp³-hybridized carbons (Fsp3) is 0.412. The molecule has 0 unspecified atom stereocenters. The van der Waals surface area contributed by atoms with E-state index in [2.05, 4.69) is 22.1 Å². The molecule has 9 heteroatoms. The van der Waals surface area contributed by atoms with Crippen molar-refractivity contribution in [2.45, 2.75) is 38.9 Å². The molecule has 0 saturated heterocycles. The number of anilines is 1. The Kier molecular flexibility index (Phi) is 6.98. The first-order valence-electron chi connectivity index (χ1n) is 8.06. The van der Waals surface area contributed by atoms with Gasteiger partial charge in [0.2, 0.25) is 5.91 Å². The molecule has 0 radical (unpaired) electrons. The van der Waals surface area contributed by atoms with Gasteiger partial charge < -0.3 is 14.6 Å². The maximum Gasteiger partial charge on any atom is 0.341 e. The van der Waals surface area contributed by atoms with E-state index in [4.69, 9.17) is 4.74 Å². The molecule has 0 spiro atoms. The number of carbonyl (C=O) groups excluding carboxylic acids is 2. The Balaban J connectivity index is 2.09. The number of thiophene rings is 1. The monoisotopic (exact) mass is 394 g/mol. The summed E-state index contributed by atoms with van der Waals surface area (Å²) >= 11 is 2.66. The van der Waals surface area contributed by atoms with E-state index in [9.17, 15) is 9.59 Å². The lowest BCUT2D eigenvalue weighted by atomic mass is 10.1. The molecule has 7 nitrogen and oxygen atoms in total. The summed E-state index contributed by atoms with van der Waals surface area (Å²) in [6.45, 7) is 10.1. The van der Waals surface area contributed by atoms with Crippen molar-refractivity contribution in [1.82, 2.24) is 14.8 Å². The number of aryl methyl sites for hydroxylation is 2. The minimum atomic E-state index is -0.451. The van der Waals surface area contributed by atoms with Crippen molar-refractivity contribution in [1.29, 1.82) is 0 Å². The van der Waals surface area contributed by atoms with E-state index in [0.29, 0.717) is 22.3 Å². The average Bonchev–Trinajstić information content (AvgIpc) is 3.13. The van der Waals surface area contributed by atoms with Crippen molar-refractivity contribution in [3.63, 3.8) is 0 Å². The van der Waals surface area contributed by atoms with Crippen LogP contribution in [0.2, 0.25) is 0 Å². The zero-order valence-electron chi connectivity index (χ0n) is 15.3. The van der Waals surface area contributed by atoms with E-state index >= 15 is 0 Å². The van der Waals surface area contributed by atoms with Crippen molar-refractivity contribution in [3.05, 3.63) is 34.5 Å². The predicted octanol–water partition coefficient (Wildman–Crippen LogP) is 3.22. The van der Waals surface area contributed by atoms with Crippen molar-refractivity contribution < 1.29 is 14.3 Å². The van der Waals surface area contributed by atoms with Crippen LogP contribution in [0.15, 0.2) is 17.8 Å². The van der Waals surface area contributed by atoms with Crippen molar-refractivity contribution in [2.24, 2.45) is 0 Å². The third-order valence-corrected chi connectivity index (χ3v) is 5.87. The molecule has 0 aromatic carbocycles. The molecular formula is C17H22N4O3S2. The summed E-state index contributed by atoms with van der Waals surface area (Å²) in [7, 11) is 1.33. The van der Waals surface area contributed by atoms with Gasteiger partial charge in [0.1, 0.15) is 10.8 Å². The molecule has 2 heterocycles. The van der Waals surface area contributed by atoms with Gasteiger partial charge in [-0.15, -0.1) is 28.1 Å². The first-order valence-corrected chi connectivity index (χ1v) is 9.87. The number of ether oxygens (including phenoxy) is 1. The highest BCUT2D eigenvalue weighted by molar-refractivity contribution is 7.99. The molecule has 0 atom stereocenters. The summed E-state index contributed by atoms with van der Waals surface area (Å²) in [5.41, 5.74) is 1.24. The van der Waals surface area contributed by atoms with Gasteiger partial charge in [0, 0.05) is 17.8 Å². The number of nitrogens with one attached hydrogen (secondary N) is 1. The predicted molar refractivity (Wildman–Crippen MR) is 104 cm³/mol. The minimum absolute atomic E-state index is 0.162. The summed E-state index contributed by atoms with van der Waals surface area (Å²) in [5.74, 6) is 0.348. The number of amides is 1. The summed E-state index contributed by atoms with van der Waals surface area (Å²) in [4.78, 5) is 25.3. The van der Waals surface area contributed by atoms with Crippen LogP contribution in [0.3, 0.4) is 0 Å². The molecular weight excluding hydrogens is 372 g/mol. The number of hydrogen-bond donors (Lipinski definition) is 1. The number of carbonyl (C=O) groups is 2. The summed E-state index contributed by atoms with van der Waals surface area (Å²) in [5, 5.41) is 12.3. The molecule has 1 N–H and O–H groups in total. The number of methoxy groups -OCH3 is 1. The first-order chi connectivity index (χ1) is 12.4. The molecule has 2 aromatic heterocycles. The van der Waals surface area contributed by atoms with E-state index in [1.54, 1.807) is 6.08 Å². The van der Waals surface area contributed by atoms with Gasteiger partial charge in [0.05, 0.1) is 18.4 Å². The third kappa shape index (κ3) is 4.34. The molecule has 26 heavy (non-hydrogen) atoms. The van der Waals surface area contributed by atoms with E-state index in [1.807, 2.05) is 25.3 Å². The van der Waals surface area contributed by atoms with Crippen LogP contribution in [-0.2, 0) is 22.5 Å². The van der Waals surface area contributed by atoms with E-state index in [1.165, 1.54) is 30.2 Å². The van der Waals surface area contributed by atoms with Gasteiger partial charge in [-0.2, -0.15) is 0 Å². The third-order valence-electron chi connectivity index (χ3n) is 3.78. The van der Waals surface area contributed by atoms with Gasteiger partial charge in [-0.3, -0.25) is 4.79 Å². The van der Waals surface area contributed by atoms with Crippen LogP contribution < -0.4 is 5.32 Å². The van der Waals surface area contributed by atoms with Gasteiger partial charge in [0.15, 0.2) is 5.16 Å². The Morgan fingerprint density at radius 1 is 1.38 bits per heavy atom. The number of rotatable bonds is 8. The highest BCUT2D eigenvalue weighted by Gasteiger charge is 2.22. The molecule has 0 aliphatic rings. The Morgan fingerprint density at radius 2 is 2.12 bits per heavy atom. The fourth-order valence-corrected chi connectivity index (χ4v) is 4.19. The van der Waals surface area contributed by atoms with Crippen LogP contribution in [-0.4, -0.2) is 39.5 Å². The second-order valence-corrected chi connectivity index (χ2v) is 7.63. The molecule has 2 aromatic rings. The van der Waals surface area contributed by atoms with Gasteiger partial charge in [-0.1, -0.05) is 24.8 Å². The first kappa shape index (κ1) is 20.2. The molecule has 140 valence electrons. The average molecular weight is 395 g/mol. The smallest absolute Gasteiger partial charge is 0.341 e. The number of nitrogens with zero attached hydrogens (tertiary/aromatic N) is 3. The molecule has 0 bridgehead atoms. The number of aromatic nitrogens is 3. The van der Waals surface area contributed by atoms with E-state index in [0.717, 1.165) is 22.7 Å². The normalized spacial score (nSPS) is 10.6.